The lowest BCUT2D eigenvalue weighted by Crippen LogP contribution is -2.22. The fourth-order valence-electron chi connectivity index (χ4n) is 2.23. The first-order chi connectivity index (χ1) is 12.3. The first kappa shape index (κ1) is 19.4. The van der Waals surface area contributed by atoms with Crippen LogP contribution in [0.1, 0.15) is 25.0 Å². The Bertz CT molecular complexity index is 819. The van der Waals surface area contributed by atoms with Crippen LogP contribution in [0.2, 0.25) is 0 Å². The van der Waals surface area contributed by atoms with Gasteiger partial charge in [-0.05, 0) is 49.2 Å². The third-order valence-electron chi connectivity index (χ3n) is 3.92. The zero-order valence-electron chi connectivity index (χ0n) is 15.4. The summed E-state index contributed by atoms with van der Waals surface area (Å²) in [6.07, 6.45) is 0. The number of benzene rings is 2. The Balaban J connectivity index is 1.98. The number of amides is 2. The van der Waals surface area contributed by atoms with Gasteiger partial charge in [-0.3, -0.25) is 9.59 Å². The molecule has 2 aromatic rings. The molecule has 0 radical (unpaired) electrons. The Hall–Kier alpha value is -2.89. The number of carbonyl (C=O) groups excluding carboxylic acids is 2. The second kappa shape index (κ2) is 8.47. The second-order valence-electron chi connectivity index (χ2n) is 6.54. The van der Waals surface area contributed by atoms with Crippen molar-refractivity contribution in [1.82, 2.24) is 0 Å². The molecule has 0 aliphatic heterocycles. The van der Waals surface area contributed by atoms with Crippen molar-refractivity contribution >= 4 is 28.9 Å². The highest BCUT2D eigenvalue weighted by Gasteiger charge is 2.09. The third-order valence-corrected chi connectivity index (χ3v) is 3.92. The van der Waals surface area contributed by atoms with Gasteiger partial charge in [-0.2, -0.15) is 0 Å². The lowest BCUT2D eigenvalue weighted by Gasteiger charge is -2.13. The van der Waals surface area contributed by atoms with E-state index in [1.807, 2.05) is 32.9 Å². The summed E-state index contributed by atoms with van der Waals surface area (Å²) >= 11 is 0. The number of aryl methyl sites for hydroxylation is 2. The van der Waals surface area contributed by atoms with Crippen LogP contribution in [-0.4, -0.2) is 18.4 Å². The maximum Gasteiger partial charge on any atom is 0.243 e. The van der Waals surface area contributed by atoms with E-state index in [2.05, 4.69) is 16.0 Å². The molecule has 2 aromatic carbocycles. The maximum absolute atomic E-state index is 13.5. The number of nitrogens with one attached hydrogen (secondary N) is 3. The van der Waals surface area contributed by atoms with Crippen molar-refractivity contribution < 1.29 is 14.0 Å². The van der Waals surface area contributed by atoms with Gasteiger partial charge in [-0.15, -0.1) is 0 Å². The van der Waals surface area contributed by atoms with Crippen molar-refractivity contribution in [3.05, 3.63) is 53.3 Å². The van der Waals surface area contributed by atoms with E-state index in [-0.39, 0.29) is 30.1 Å². The molecule has 0 saturated carbocycles. The van der Waals surface area contributed by atoms with E-state index in [0.29, 0.717) is 16.9 Å². The normalized spacial score (nSPS) is 10.5. The predicted molar refractivity (Wildman–Crippen MR) is 103 cm³/mol. The van der Waals surface area contributed by atoms with E-state index in [9.17, 15) is 14.0 Å². The van der Waals surface area contributed by atoms with Crippen LogP contribution < -0.4 is 16.0 Å². The minimum absolute atomic E-state index is 0.0257. The van der Waals surface area contributed by atoms with Gasteiger partial charge in [-0.1, -0.05) is 26.0 Å². The fourth-order valence-corrected chi connectivity index (χ4v) is 2.23. The summed E-state index contributed by atoms with van der Waals surface area (Å²) in [5.74, 6) is -0.836. The van der Waals surface area contributed by atoms with E-state index in [1.165, 1.54) is 6.07 Å². The van der Waals surface area contributed by atoms with Gasteiger partial charge >= 0.3 is 0 Å². The molecule has 0 spiro atoms. The van der Waals surface area contributed by atoms with Crippen LogP contribution in [0, 0.1) is 25.6 Å². The molecule has 0 aliphatic carbocycles. The van der Waals surface area contributed by atoms with Crippen LogP contribution in [0.5, 0.6) is 0 Å². The molecular weight excluding hydrogens is 333 g/mol. The molecule has 2 rings (SSSR count). The Morgan fingerprint density at radius 3 is 2.19 bits per heavy atom. The summed E-state index contributed by atoms with van der Waals surface area (Å²) in [5, 5.41) is 8.52. The smallest absolute Gasteiger partial charge is 0.243 e. The number of rotatable bonds is 6. The van der Waals surface area contributed by atoms with Gasteiger partial charge in [0.2, 0.25) is 11.8 Å². The highest BCUT2D eigenvalue weighted by molar-refractivity contribution is 5.95. The lowest BCUT2D eigenvalue weighted by molar-refractivity contribution is -0.119. The first-order valence-electron chi connectivity index (χ1n) is 8.47. The summed E-state index contributed by atoms with van der Waals surface area (Å²) < 4.78 is 13.5. The lowest BCUT2D eigenvalue weighted by atomic mass is 10.1. The average molecular weight is 357 g/mol. The molecule has 0 fully saturated rings. The molecule has 0 atom stereocenters. The van der Waals surface area contributed by atoms with Gasteiger partial charge in [0.15, 0.2) is 0 Å². The number of carbonyl (C=O) groups is 2. The molecule has 0 bridgehead atoms. The van der Waals surface area contributed by atoms with E-state index < -0.39 is 0 Å². The second-order valence-corrected chi connectivity index (χ2v) is 6.54. The summed E-state index contributed by atoms with van der Waals surface area (Å²) in [5.41, 5.74) is 3.29. The van der Waals surface area contributed by atoms with Gasteiger partial charge in [-0.25, -0.2) is 4.39 Å². The van der Waals surface area contributed by atoms with Gasteiger partial charge in [0.25, 0.3) is 0 Å². The zero-order valence-corrected chi connectivity index (χ0v) is 15.4. The number of hydrogen-bond donors (Lipinski definition) is 3. The molecule has 0 aromatic heterocycles. The molecule has 3 N–H and O–H groups in total. The van der Waals surface area contributed by atoms with Crippen LogP contribution in [-0.2, 0) is 9.59 Å². The van der Waals surface area contributed by atoms with Crippen molar-refractivity contribution in [2.24, 2.45) is 5.92 Å². The summed E-state index contributed by atoms with van der Waals surface area (Å²) in [4.78, 5) is 23.9. The molecule has 26 heavy (non-hydrogen) atoms. The van der Waals surface area contributed by atoms with Crippen LogP contribution in [0.15, 0.2) is 36.4 Å². The quantitative estimate of drug-likeness (QED) is 0.729. The van der Waals surface area contributed by atoms with Crippen molar-refractivity contribution in [2.45, 2.75) is 27.7 Å². The standard InChI is InChI=1S/C20H24FN3O2/c1-12(2)20(26)24-16-8-6-14(4)18(10-16)22-11-19(25)23-15-7-5-13(3)17(21)9-15/h5-10,12,22H,11H2,1-4H3,(H,23,25)(H,24,26). The van der Waals surface area contributed by atoms with Crippen LogP contribution >= 0.6 is 0 Å². The summed E-state index contributed by atoms with van der Waals surface area (Å²) in [6.45, 7) is 7.24. The molecule has 2 amide bonds. The van der Waals surface area contributed by atoms with Crippen molar-refractivity contribution in [1.29, 1.82) is 0 Å². The van der Waals surface area contributed by atoms with E-state index in [4.69, 9.17) is 0 Å². The monoisotopic (exact) mass is 357 g/mol. The minimum atomic E-state index is -0.361. The molecule has 0 aliphatic rings. The minimum Gasteiger partial charge on any atom is -0.376 e. The molecule has 0 heterocycles. The summed E-state index contributed by atoms with van der Waals surface area (Å²) in [6, 6.07) is 10.0. The molecule has 5 nitrogen and oxygen atoms in total. The predicted octanol–water partition coefficient (Wildman–Crippen LogP) is 4.09. The Kier molecular flexibility index (Phi) is 6.33. The Labute approximate surface area is 153 Å². The maximum atomic E-state index is 13.5. The van der Waals surface area contributed by atoms with E-state index in [1.54, 1.807) is 25.1 Å². The van der Waals surface area contributed by atoms with Crippen molar-refractivity contribution in [3.8, 4) is 0 Å². The van der Waals surface area contributed by atoms with Gasteiger partial charge < -0.3 is 16.0 Å². The van der Waals surface area contributed by atoms with Crippen LogP contribution in [0.25, 0.3) is 0 Å². The number of halogens is 1. The molecule has 6 heteroatoms. The number of anilines is 3. The SMILES string of the molecule is Cc1ccc(NC(=O)CNc2cc(NC(=O)C(C)C)ccc2C)cc1F. The Morgan fingerprint density at radius 1 is 0.962 bits per heavy atom. The Morgan fingerprint density at radius 2 is 1.58 bits per heavy atom. The zero-order chi connectivity index (χ0) is 19.3. The first-order valence-corrected chi connectivity index (χ1v) is 8.47. The van der Waals surface area contributed by atoms with E-state index in [0.717, 1.165) is 11.3 Å². The molecular formula is C20H24FN3O2. The topological polar surface area (TPSA) is 70.2 Å². The molecule has 0 saturated heterocycles. The van der Waals surface area contributed by atoms with E-state index >= 15 is 0 Å². The third kappa shape index (κ3) is 5.31. The largest absolute Gasteiger partial charge is 0.376 e. The van der Waals surface area contributed by atoms with Crippen LogP contribution in [0.4, 0.5) is 21.5 Å². The van der Waals surface area contributed by atoms with Gasteiger partial charge in [0.05, 0.1) is 6.54 Å². The summed E-state index contributed by atoms with van der Waals surface area (Å²) in [7, 11) is 0. The fraction of sp³-hybridized carbons (Fsp3) is 0.300. The van der Waals surface area contributed by atoms with Gasteiger partial charge in [0, 0.05) is 23.0 Å². The van der Waals surface area contributed by atoms with Crippen molar-refractivity contribution in [2.75, 3.05) is 22.5 Å². The molecule has 138 valence electrons. The van der Waals surface area contributed by atoms with Crippen LogP contribution in [0.3, 0.4) is 0 Å². The number of hydrogen-bond acceptors (Lipinski definition) is 3. The highest BCUT2D eigenvalue weighted by Crippen LogP contribution is 2.21. The highest BCUT2D eigenvalue weighted by atomic mass is 19.1. The van der Waals surface area contributed by atoms with Crippen molar-refractivity contribution in [3.63, 3.8) is 0 Å². The molecule has 0 unspecified atom stereocenters. The average Bonchev–Trinajstić information content (AvgIpc) is 2.58. The van der Waals surface area contributed by atoms with Gasteiger partial charge in [0.1, 0.15) is 5.82 Å².